The first-order valence-electron chi connectivity index (χ1n) is 5.27. The number of methoxy groups -OCH3 is 1. The summed E-state index contributed by atoms with van der Waals surface area (Å²) < 4.78 is 5.00. The summed E-state index contributed by atoms with van der Waals surface area (Å²) in [6.45, 7) is 1.87. The van der Waals surface area contributed by atoms with Crippen LogP contribution in [0.5, 0.6) is 5.75 Å². The van der Waals surface area contributed by atoms with E-state index in [-0.39, 0.29) is 18.6 Å². The van der Waals surface area contributed by atoms with Crippen LogP contribution in [0.25, 0.3) is 0 Å². The number of ether oxygens (including phenoxy) is 1. The molecule has 0 aliphatic heterocycles. The number of hydrogen-bond donors (Lipinski definition) is 2. The van der Waals surface area contributed by atoms with E-state index in [1.165, 1.54) is 0 Å². The molecule has 4 nitrogen and oxygen atoms in total. The number of carbonyl (C=O) groups excluding carboxylic acids is 1. The number of benzene rings is 1. The standard InChI is InChI=1S/C12H17NO3/c1-3-10(8-14)13-12(15)9-4-6-11(16-2)7-5-9/h4-7,10,14H,3,8H2,1-2H3,(H,13,15)/t10-/m0/s1. The molecule has 0 aliphatic carbocycles. The van der Waals surface area contributed by atoms with Gasteiger partial charge in [0.25, 0.3) is 5.91 Å². The van der Waals surface area contributed by atoms with E-state index in [4.69, 9.17) is 9.84 Å². The van der Waals surface area contributed by atoms with Crippen molar-refractivity contribution in [2.45, 2.75) is 19.4 Å². The molecule has 4 heteroatoms. The van der Waals surface area contributed by atoms with Crippen LogP contribution in [-0.2, 0) is 0 Å². The highest BCUT2D eigenvalue weighted by Gasteiger charge is 2.10. The third-order valence-electron chi connectivity index (χ3n) is 2.40. The van der Waals surface area contributed by atoms with Gasteiger partial charge < -0.3 is 15.2 Å². The van der Waals surface area contributed by atoms with Crippen LogP contribution in [0.1, 0.15) is 23.7 Å². The molecule has 1 amide bonds. The second kappa shape index (κ2) is 6.12. The largest absolute Gasteiger partial charge is 0.497 e. The molecule has 0 saturated heterocycles. The molecule has 0 saturated carbocycles. The molecule has 16 heavy (non-hydrogen) atoms. The first-order valence-corrected chi connectivity index (χ1v) is 5.27. The zero-order valence-electron chi connectivity index (χ0n) is 9.56. The number of hydrogen-bond acceptors (Lipinski definition) is 3. The van der Waals surface area contributed by atoms with Crippen LogP contribution in [-0.4, -0.2) is 30.8 Å². The predicted molar refractivity (Wildman–Crippen MR) is 61.6 cm³/mol. The Balaban J connectivity index is 2.65. The number of aliphatic hydroxyl groups is 1. The minimum atomic E-state index is -0.186. The van der Waals surface area contributed by atoms with Gasteiger partial charge in [0.2, 0.25) is 0 Å². The third-order valence-corrected chi connectivity index (χ3v) is 2.40. The quantitative estimate of drug-likeness (QED) is 0.788. The molecule has 2 N–H and O–H groups in total. The highest BCUT2D eigenvalue weighted by molar-refractivity contribution is 5.94. The first kappa shape index (κ1) is 12.5. The molecular formula is C12H17NO3. The molecule has 88 valence electrons. The number of nitrogens with one attached hydrogen (secondary N) is 1. The number of carbonyl (C=O) groups is 1. The van der Waals surface area contributed by atoms with Gasteiger partial charge in [-0.25, -0.2) is 0 Å². The van der Waals surface area contributed by atoms with Crippen LogP contribution >= 0.6 is 0 Å². The fraction of sp³-hybridized carbons (Fsp3) is 0.417. The van der Waals surface area contributed by atoms with Gasteiger partial charge in [0.15, 0.2) is 0 Å². The maximum Gasteiger partial charge on any atom is 0.251 e. The average molecular weight is 223 g/mol. The lowest BCUT2D eigenvalue weighted by atomic mass is 10.1. The van der Waals surface area contributed by atoms with Gasteiger partial charge in [-0.15, -0.1) is 0 Å². The third kappa shape index (κ3) is 3.24. The first-order chi connectivity index (χ1) is 7.71. The molecular weight excluding hydrogens is 206 g/mol. The highest BCUT2D eigenvalue weighted by Crippen LogP contribution is 2.11. The van der Waals surface area contributed by atoms with E-state index in [1.807, 2.05) is 6.92 Å². The summed E-state index contributed by atoms with van der Waals surface area (Å²) in [7, 11) is 1.58. The Hall–Kier alpha value is -1.55. The van der Waals surface area contributed by atoms with E-state index in [9.17, 15) is 4.79 Å². The molecule has 0 unspecified atom stereocenters. The summed E-state index contributed by atoms with van der Waals surface area (Å²) in [5.74, 6) is 0.536. The van der Waals surface area contributed by atoms with Gasteiger partial charge in [-0.05, 0) is 30.7 Å². The molecule has 0 fully saturated rings. The van der Waals surface area contributed by atoms with E-state index in [0.29, 0.717) is 17.7 Å². The van der Waals surface area contributed by atoms with Gasteiger partial charge in [0.1, 0.15) is 5.75 Å². The minimum Gasteiger partial charge on any atom is -0.497 e. The van der Waals surface area contributed by atoms with Gasteiger partial charge in [-0.3, -0.25) is 4.79 Å². The van der Waals surface area contributed by atoms with E-state index in [2.05, 4.69) is 5.32 Å². The van der Waals surface area contributed by atoms with E-state index >= 15 is 0 Å². The van der Waals surface area contributed by atoms with E-state index in [1.54, 1.807) is 31.4 Å². The van der Waals surface area contributed by atoms with E-state index < -0.39 is 0 Å². The SMILES string of the molecule is CC[C@@H](CO)NC(=O)c1ccc(OC)cc1. The molecule has 1 aromatic carbocycles. The molecule has 0 bridgehead atoms. The topological polar surface area (TPSA) is 58.6 Å². The monoisotopic (exact) mass is 223 g/mol. The zero-order chi connectivity index (χ0) is 12.0. The fourth-order valence-electron chi connectivity index (χ4n) is 1.29. The van der Waals surface area contributed by atoms with Crippen molar-refractivity contribution in [2.75, 3.05) is 13.7 Å². The maximum atomic E-state index is 11.7. The summed E-state index contributed by atoms with van der Waals surface area (Å²) in [5.41, 5.74) is 0.563. The summed E-state index contributed by atoms with van der Waals surface area (Å²) in [6.07, 6.45) is 0.707. The summed E-state index contributed by atoms with van der Waals surface area (Å²) in [5, 5.41) is 11.7. The van der Waals surface area contributed by atoms with Crippen LogP contribution < -0.4 is 10.1 Å². The van der Waals surface area contributed by atoms with Crippen molar-refractivity contribution in [1.29, 1.82) is 0 Å². The molecule has 0 spiro atoms. The lowest BCUT2D eigenvalue weighted by Crippen LogP contribution is -2.36. The average Bonchev–Trinajstić information content (AvgIpc) is 2.35. The summed E-state index contributed by atoms with van der Waals surface area (Å²) >= 11 is 0. The van der Waals surface area contributed by atoms with Crippen molar-refractivity contribution in [2.24, 2.45) is 0 Å². The van der Waals surface area contributed by atoms with Crippen molar-refractivity contribution >= 4 is 5.91 Å². The number of amides is 1. The summed E-state index contributed by atoms with van der Waals surface area (Å²) in [4.78, 5) is 11.7. The molecule has 0 radical (unpaired) electrons. The van der Waals surface area contributed by atoms with Crippen LogP contribution in [0.15, 0.2) is 24.3 Å². The minimum absolute atomic E-state index is 0.0433. The van der Waals surface area contributed by atoms with Gasteiger partial charge in [0.05, 0.1) is 19.8 Å². The second-order valence-electron chi connectivity index (χ2n) is 3.49. The van der Waals surface area contributed by atoms with Crippen molar-refractivity contribution in [1.82, 2.24) is 5.32 Å². The number of rotatable bonds is 5. The van der Waals surface area contributed by atoms with Gasteiger partial charge in [-0.2, -0.15) is 0 Å². The molecule has 1 atom stereocenters. The lowest BCUT2D eigenvalue weighted by Gasteiger charge is -2.13. The Morgan fingerprint density at radius 1 is 1.44 bits per heavy atom. The van der Waals surface area contributed by atoms with Crippen molar-refractivity contribution < 1.29 is 14.6 Å². The Morgan fingerprint density at radius 2 is 2.06 bits per heavy atom. The Morgan fingerprint density at radius 3 is 2.50 bits per heavy atom. The fourth-order valence-corrected chi connectivity index (χ4v) is 1.29. The van der Waals surface area contributed by atoms with Crippen molar-refractivity contribution in [3.63, 3.8) is 0 Å². The molecule has 0 aliphatic rings. The zero-order valence-corrected chi connectivity index (χ0v) is 9.56. The predicted octanol–water partition coefficient (Wildman–Crippen LogP) is 1.20. The van der Waals surface area contributed by atoms with Crippen LogP contribution in [0, 0.1) is 0 Å². The van der Waals surface area contributed by atoms with Gasteiger partial charge in [-0.1, -0.05) is 6.92 Å². The highest BCUT2D eigenvalue weighted by atomic mass is 16.5. The Kier molecular flexibility index (Phi) is 4.79. The van der Waals surface area contributed by atoms with Crippen molar-refractivity contribution in [3.05, 3.63) is 29.8 Å². The smallest absolute Gasteiger partial charge is 0.251 e. The Labute approximate surface area is 95.2 Å². The molecule has 1 rings (SSSR count). The Bertz CT molecular complexity index is 331. The normalized spacial score (nSPS) is 11.9. The van der Waals surface area contributed by atoms with Crippen molar-refractivity contribution in [3.8, 4) is 5.75 Å². The van der Waals surface area contributed by atoms with Gasteiger partial charge in [0, 0.05) is 5.56 Å². The second-order valence-corrected chi connectivity index (χ2v) is 3.49. The van der Waals surface area contributed by atoms with Crippen LogP contribution in [0.3, 0.4) is 0 Å². The van der Waals surface area contributed by atoms with Crippen LogP contribution in [0.4, 0.5) is 0 Å². The molecule has 0 heterocycles. The van der Waals surface area contributed by atoms with E-state index in [0.717, 1.165) is 0 Å². The lowest BCUT2D eigenvalue weighted by molar-refractivity contribution is 0.0915. The number of aliphatic hydroxyl groups excluding tert-OH is 1. The molecule has 0 aromatic heterocycles. The molecule has 1 aromatic rings. The van der Waals surface area contributed by atoms with Gasteiger partial charge >= 0.3 is 0 Å². The van der Waals surface area contributed by atoms with Crippen LogP contribution in [0.2, 0.25) is 0 Å². The summed E-state index contributed by atoms with van der Waals surface area (Å²) in [6, 6.07) is 6.66. The maximum absolute atomic E-state index is 11.7.